The minimum Gasteiger partial charge on any atom is -0.394 e. The highest BCUT2D eigenvalue weighted by Crippen LogP contribution is 2.50. The number of nitrogens with zero attached hydrogens (tertiary/aromatic N) is 8. The number of nitrogen functional groups attached to an aromatic ring is 2. The Balaban J connectivity index is 0.00000123. The number of thiol groups is 1. The average molecular weight is 696 g/mol. The number of nitrogens with two attached hydrogens (primary N) is 2. The molecule has 0 spiro atoms. The van der Waals surface area contributed by atoms with Crippen LogP contribution in [0.3, 0.4) is 0 Å². The number of ether oxygens (including phenoxy) is 2. The molecular weight excluding hydrogens is 671 g/mol. The monoisotopic (exact) mass is 695 g/mol. The van der Waals surface area contributed by atoms with E-state index < -0.39 is 61.9 Å². The van der Waals surface area contributed by atoms with Crippen LogP contribution in [0.5, 0.6) is 0 Å². The minimum absolute atomic E-state index is 0.0225. The van der Waals surface area contributed by atoms with Gasteiger partial charge in [0, 0.05) is 6.42 Å². The van der Waals surface area contributed by atoms with E-state index in [1.54, 1.807) is 0 Å². The number of fused-ring (bicyclic) bond motifs is 2. The molecule has 4 aromatic rings. The fraction of sp³-hybridized carbons (Fsp3) is 0.526. The number of hydrogen-bond donors (Lipinski definition) is 7. The molecule has 0 aromatic carbocycles. The summed E-state index contributed by atoms with van der Waals surface area (Å²) in [5.74, 6) is -0.135. The van der Waals surface area contributed by atoms with Crippen LogP contribution in [0.25, 0.3) is 22.3 Å². The third kappa shape index (κ3) is 6.44. The topological polar surface area (TPSA) is 287 Å². The van der Waals surface area contributed by atoms with Gasteiger partial charge in [-0.2, -0.15) is 9.67 Å². The maximum atomic E-state index is 15.1. The fourth-order valence-electron chi connectivity index (χ4n) is 4.66. The molecule has 238 valence electrons. The maximum absolute atomic E-state index is 15.1. The number of halogens is 1. The van der Waals surface area contributed by atoms with Crippen molar-refractivity contribution >= 4 is 72.5 Å². The van der Waals surface area contributed by atoms with Crippen LogP contribution in [0, 0.1) is 0 Å². The molecule has 2 unspecified atom stereocenters. The molecule has 2 aliphatic rings. The Morgan fingerprint density at radius 1 is 1.25 bits per heavy atom. The van der Waals surface area contributed by atoms with E-state index in [4.69, 9.17) is 46.4 Å². The van der Waals surface area contributed by atoms with Crippen molar-refractivity contribution < 1.29 is 42.6 Å². The molecule has 6 heterocycles. The van der Waals surface area contributed by atoms with Crippen LogP contribution in [0.15, 0.2) is 17.4 Å². The van der Waals surface area contributed by atoms with Crippen molar-refractivity contribution in [1.29, 1.82) is 0 Å². The van der Waals surface area contributed by atoms with Gasteiger partial charge in [-0.1, -0.05) is 17.5 Å². The molecule has 2 fully saturated rings. The van der Waals surface area contributed by atoms with Gasteiger partial charge in [0.2, 0.25) is 13.6 Å². The van der Waals surface area contributed by atoms with Gasteiger partial charge in [0.15, 0.2) is 46.8 Å². The number of aromatic nitrogens is 9. The lowest BCUT2D eigenvalue weighted by molar-refractivity contribution is -0.0576. The largest absolute Gasteiger partial charge is 0.394 e. The van der Waals surface area contributed by atoms with Crippen LogP contribution >= 0.6 is 26.6 Å². The maximum Gasteiger partial charge on any atom is 0.325 e. The molecule has 2 aliphatic heterocycles. The van der Waals surface area contributed by atoms with Crippen LogP contribution in [-0.4, -0.2) is 103 Å². The molecule has 4 aromatic heterocycles. The first-order valence-corrected chi connectivity index (χ1v) is 16.9. The predicted molar refractivity (Wildman–Crippen MR) is 154 cm³/mol. The number of rotatable bonds is 8. The minimum atomic E-state index is -4.08. The first kappa shape index (κ1) is 32.6. The summed E-state index contributed by atoms with van der Waals surface area (Å²) < 4.78 is 48.8. The molecule has 0 saturated carbocycles. The van der Waals surface area contributed by atoms with E-state index in [0.717, 1.165) is 11.0 Å². The van der Waals surface area contributed by atoms with Gasteiger partial charge in [0.05, 0.1) is 25.6 Å². The third-order valence-electron chi connectivity index (χ3n) is 6.57. The molecule has 44 heavy (non-hydrogen) atoms. The van der Waals surface area contributed by atoms with Crippen molar-refractivity contribution in [1.82, 2.24) is 44.5 Å². The van der Waals surface area contributed by atoms with E-state index in [2.05, 4.69) is 47.5 Å². The highest BCUT2D eigenvalue weighted by molar-refractivity contribution is 8.33. The Labute approximate surface area is 256 Å². The zero-order valence-electron chi connectivity index (χ0n) is 22.0. The summed E-state index contributed by atoms with van der Waals surface area (Å²) in [5.41, 5.74) is 11.1. The lowest BCUT2D eigenvalue weighted by Crippen LogP contribution is -2.31. The Morgan fingerprint density at radius 3 is 2.73 bits per heavy atom. The number of aliphatic hydroxyl groups excluding tert-OH is 2. The van der Waals surface area contributed by atoms with Gasteiger partial charge in [-0.3, -0.25) is 18.9 Å². The van der Waals surface area contributed by atoms with Gasteiger partial charge in [-0.25, -0.2) is 19.3 Å². The summed E-state index contributed by atoms with van der Waals surface area (Å²) in [7, 11) is -0.139. The van der Waals surface area contributed by atoms with E-state index in [-0.39, 0.29) is 54.8 Å². The quantitative estimate of drug-likeness (QED) is 0.0871. The Morgan fingerprint density at radius 2 is 2.00 bits per heavy atom. The van der Waals surface area contributed by atoms with E-state index in [1.807, 2.05) is 0 Å². The molecule has 0 aliphatic carbocycles. The first-order valence-electron chi connectivity index (χ1n) is 12.4. The average Bonchev–Trinajstić information content (AvgIpc) is 3.74. The molecular formula is C19H24FN11O9P2S2. The number of aromatic amines is 1. The fourth-order valence-corrected chi connectivity index (χ4v) is 6.11. The lowest BCUT2D eigenvalue weighted by Gasteiger charge is -2.25. The first-order chi connectivity index (χ1) is 21.0. The van der Waals surface area contributed by atoms with Crippen molar-refractivity contribution in [3.63, 3.8) is 0 Å². The van der Waals surface area contributed by atoms with Gasteiger partial charge in [0.1, 0.15) is 24.6 Å². The van der Waals surface area contributed by atoms with E-state index in [1.165, 1.54) is 10.9 Å². The van der Waals surface area contributed by atoms with Crippen LogP contribution in [0.1, 0.15) is 18.9 Å². The van der Waals surface area contributed by atoms with Crippen LogP contribution in [0.2, 0.25) is 0 Å². The molecule has 0 radical (unpaired) electrons. The normalized spacial score (nSPS) is 28.3. The van der Waals surface area contributed by atoms with Crippen molar-refractivity contribution in [2.45, 2.75) is 49.5 Å². The Bertz CT molecular complexity index is 1760. The summed E-state index contributed by atoms with van der Waals surface area (Å²) in [4.78, 5) is 41.3. The Kier molecular flexibility index (Phi) is 9.82. The third-order valence-corrected chi connectivity index (χ3v) is 8.16. The van der Waals surface area contributed by atoms with Gasteiger partial charge in [-0.05, 0) is 11.8 Å². The summed E-state index contributed by atoms with van der Waals surface area (Å²) in [6.07, 6.45) is -6.66. The van der Waals surface area contributed by atoms with E-state index >= 15 is 4.39 Å². The second kappa shape index (κ2) is 13.3. The van der Waals surface area contributed by atoms with Crippen molar-refractivity contribution in [3.05, 3.63) is 23.0 Å². The van der Waals surface area contributed by atoms with Crippen LogP contribution < -0.4 is 17.0 Å². The van der Waals surface area contributed by atoms with Crippen molar-refractivity contribution in [3.8, 4) is 0 Å². The summed E-state index contributed by atoms with van der Waals surface area (Å²) in [5, 5.41) is 27.8. The number of aliphatic hydroxyl groups is 2. The standard InChI is InChI=1S/C19H23FN11O8PS.HOPS/c20-9-12(33)8(38-18(9)31-14-10(28-29-31)13(21)23-4-24-14)3-36-40(35,41)39-7-1-6(2-32)37-17(7)30-5-25-11-15(30)26-19(22)27-16(11)34;1-2-3/h4-9,12,17-18,32-33H,1-3H2,(H,35,41)(H2,21,23,24)(H3,22,26,27,34);(H,1,3)/t6-,7-,8+,9-,12?,17+,18+,40?;/m0./s1. The molecule has 0 amide bonds. The molecule has 8 N–H and O–H groups in total. The highest BCUT2D eigenvalue weighted by atomic mass is 32.7. The van der Waals surface area contributed by atoms with Crippen LogP contribution in [-0.2, 0) is 34.9 Å². The molecule has 2 saturated heterocycles. The zero-order valence-corrected chi connectivity index (χ0v) is 25.5. The smallest absolute Gasteiger partial charge is 0.325 e. The zero-order chi connectivity index (χ0) is 31.8. The van der Waals surface area contributed by atoms with Crippen LogP contribution in [0.4, 0.5) is 16.2 Å². The molecule has 0 bridgehead atoms. The van der Waals surface area contributed by atoms with Gasteiger partial charge >= 0.3 is 6.72 Å². The number of imidazole rings is 1. The molecule has 8 atom stereocenters. The summed E-state index contributed by atoms with van der Waals surface area (Å²) in [6.45, 7) is -5.02. The van der Waals surface area contributed by atoms with Gasteiger partial charge < -0.3 is 45.1 Å². The Hall–Kier alpha value is -2.82. The number of anilines is 2. The van der Waals surface area contributed by atoms with Gasteiger partial charge in [0.25, 0.3) is 5.56 Å². The summed E-state index contributed by atoms with van der Waals surface area (Å²) in [6, 6.07) is 0. The number of alkyl halides is 1. The molecule has 25 heteroatoms. The second-order valence-corrected chi connectivity index (χ2v) is 12.7. The predicted octanol–water partition coefficient (Wildman–Crippen LogP) is -0.863. The second-order valence-electron chi connectivity index (χ2n) is 9.30. The SMILES string of the molecule is Nc1nc2c(ncn2[C@@H]2O[C@H](CO)C[C@@H]2OP(O)(=S)OC[C@H]2O[C@@H](n3nnc4c(N)ncnc43)[C@@H](F)C2O)c(=O)[nH]1.O=PS. The molecule has 6 rings (SSSR count). The van der Waals surface area contributed by atoms with Crippen molar-refractivity contribution in [2.75, 3.05) is 24.7 Å². The van der Waals surface area contributed by atoms with Crippen molar-refractivity contribution in [2.24, 2.45) is 0 Å². The molecule has 20 nitrogen and oxygen atoms in total. The van der Waals surface area contributed by atoms with E-state index in [0.29, 0.717) is 0 Å². The number of nitrogens with one attached hydrogen (secondary N) is 1. The number of H-pyrrole nitrogens is 1. The van der Waals surface area contributed by atoms with E-state index in [9.17, 15) is 19.9 Å². The lowest BCUT2D eigenvalue weighted by atomic mass is 10.1. The number of hydrogen-bond acceptors (Lipinski definition) is 17. The van der Waals surface area contributed by atoms with Gasteiger partial charge in [-0.15, -0.1) is 5.10 Å². The summed E-state index contributed by atoms with van der Waals surface area (Å²) >= 11 is 8.37. The highest BCUT2D eigenvalue weighted by Gasteiger charge is 2.48.